The molecule has 1 atom stereocenters. The van der Waals surface area contributed by atoms with Crippen LogP contribution in [0.25, 0.3) is 0 Å². The van der Waals surface area contributed by atoms with Crippen LogP contribution in [-0.4, -0.2) is 27.8 Å². The van der Waals surface area contributed by atoms with E-state index in [4.69, 9.17) is 5.73 Å². The third-order valence-corrected chi connectivity index (χ3v) is 4.21. The highest BCUT2D eigenvalue weighted by Crippen LogP contribution is 2.55. The molecule has 0 saturated heterocycles. The molecule has 12 heteroatoms. The maximum absolute atomic E-state index is 13.5. The second-order valence-electron chi connectivity index (χ2n) is 4.45. The van der Waals surface area contributed by atoms with Crippen LogP contribution in [0.2, 0.25) is 0 Å². The van der Waals surface area contributed by atoms with Crippen molar-refractivity contribution in [3.8, 4) is 0 Å². The summed E-state index contributed by atoms with van der Waals surface area (Å²) in [5.74, 6) is -14.0. The van der Waals surface area contributed by atoms with Crippen LogP contribution in [0.4, 0.5) is 45.2 Å². The zero-order valence-corrected chi connectivity index (χ0v) is 11.8. The van der Waals surface area contributed by atoms with E-state index in [1.807, 2.05) is 0 Å². The number of hydrogen-bond acceptors (Lipinski definition) is 2. The lowest BCUT2D eigenvalue weighted by Gasteiger charge is -2.33. The molecule has 2 N–H and O–H groups in total. The number of hydrogen-bond donors (Lipinski definition) is 1. The predicted octanol–water partition coefficient (Wildman–Crippen LogP) is 4.11. The van der Waals surface area contributed by atoms with Crippen LogP contribution < -0.4 is 5.73 Å². The van der Waals surface area contributed by atoms with Gasteiger partial charge in [0.2, 0.25) is 0 Å². The van der Waals surface area contributed by atoms with Gasteiger partial charge in [0, 0.05) is 5.69 Å². The van der Waals surface area contributed by atoms with Gasteiger partial charge in [-0.05, 0) is 30.7 Å². The topological polar surface area (TPSA) is 49.1 Å². The van der Waals surface area contributed by atoms with Gasteiger partial charge in [-0.1, -0.05) is 0 Å². The van der Waals surface area contributed by atoms with Crippen molar-refractivity contribution in [2.24, 2.45) is 0 Å². The van der Waals surface area contributed by atoms with Crippen molar-refractivity contribution in [3.63, 3.8) is 0 Å². The summed E-state index contributed by atoms with van der Waals surface area (Å²) in [4.78, 5) is -1.07. The Morgan fingerprint density at radius 1 is 0.913 bits per heavy atom. The molecule has 0 aliphatic rings. The minimum Gasteiger partial charge on any atom is -0.607 e. The van der Waals surface area contributed by atoms with Crippen LogP contribution in [0.5, 0.6) is 0 Å². The first-order valence-electron chi connectivity index (χ1n) is 5.55. The first-order chi connectivity index (χ1) is 10.1. The fourth-order valence-electron chi connectivity index (χ4n) is 1.39. The number of nitrogens with two attached hydrogens (primary N) is 1. The molecule has 0 saturated carbocycles. The molecule has 1 aromatic carbocycles. The molecule has 0 heterocycles. The van der Waals surface area contributed by atoms with E-state index in [2.05, 4.69) is 0 Å². The first kappa shape index (κ1) is 19.7. The third kappa shape index (κ3) is 3.05. The molecule has 0 amide bonds. The summed E-state index contributed by atoms with van der Waals surface area (Å²) >= 11 is -4.18. The molecule has 0 fully saturated rings. The van der Waals surface area contributed by atoms with Gasteiger partial charge in [-0.15, -0.1) is 8.78 Å². The Hall–Kier alpha value is -1.30. The van der Waals surface area contributed by atoms with E-state index in [0.717, 1.165) is 6.07 Å². The normalized spacial score (nSPS) is 15.6. The smallest absolute Gasteiger partial charge is 0.483 e. The van der Waals surface area contributed by atoms with Crippen LogP contribution >= 0.6 is 0 Å². The minimum absolute atomic E-state index is 0.00227. The van der Waals surface area contributed by atoms with Crippen LogP contribution in [0.3, 0.4) is 0 Å². The lowest BCUT2D eigenvalue weighted by molar-refractivity contribution is -0.382. The van der Waals surface area contributed by atoms with Gasteiger partial charge in [0.1, 0.15) is 0 Å². The molecule has 2 nitrogen and oxygen atoms in total. The molecule has 0 aromatic heterocycles. The lowest BCUT2D eigenvalue weighted by Crippen LogP contribution is -2.63. The van der Waals surface area contributed by atoms with Gasteiger partial charge < -0.3 is 10.3 Å². The second kappa shape index (κ2) is 5.65. The van der Waals surface area contributed by atoms with E-state index >= 15 is 0 Å². The molecule has 23 heavy (non-hydrogen) atoms. The highest BCUT2D eigenvalue weighted by molar-refractivity contribution is 7.92. The quantitative estimate of drug-likeness (QED) is 0.491. The van der Waals surface area contributed by atoms with Crippen LogP contribution in [-0.2, 0) is 11.2 Å². The van der Waals surface area contributed by atoms with Crippen molar-refractivity contribution in [2.45, 2.75) is 35.1 Å². The van der Waals surface area contributed by atoms with Crippen LogP contribution in [0.15, 0.2) is 23.1 Å². The van der Waals surface area contributed by atoms with E-state index in [0.29, 0.717) is 12.1 Å². The maximum atomic E-state index is 13.5. The van der Waals surface area contributed by atoms with Gasteiger partial charge in [0.15, 0.2) is 4.90 Å². The molecule has 1 aromatic rings. The Kier molecular flexibility index (Phi) is 4.85. The second-order valence-corrected chi connectivity index (χ2v) is 5.97. The molecular weight excluding hydrogens is 365 g/mol. The van der Waals surface area contributed by atoms with Crippen LogP contribution in [0, 0.1) is 6.92 Å². The summed E-state index contributed by atoms with van der Waals surface area (Å²) in [5.41, 5.74) is 5.29. The number of halogens is 9. The van der Waals surface area contributed by atoms with Gasteiger partial charge in [-0.2, -0.15) is 30.7 Å². The van der Waals surface area contributed by atoms with Crippen molar-refractivity contribution in [3.05, 3.63) is 23.8 Å². The SMILES string of the molecule is Cc1cc([S+]([O-])C(F)(F)C(F)(F)C(F)(F)C(F)(F)F)ccc1N. The monoisotopic (exact) mass is 373 g/mol. The molecule has 0 radical (unpaired) electrons. The zero-order chi connectivity index (χ0) is 18.4. The highest BCUT2D eigenvalue weighted by atomic mass is 32.2. The number of aryl methyl sites for hydroxylation is 1. The van der Waals surface area contributed by atoms with E-state index in [9.17, 15) is 44.1 Å². The minimum atomic E-state index is -7.08. The Morgan fingerprint density at radius 3 is 1.78 bits per heavy atom. The molecule has 0 aliphatic carbocycles. The van der Waals surface area contributed by atoms with Gasteiger partial charge in [-0.3, -0.25) is 0 Å². The molecule has 132 valence electrons. The third-order valence-electron chi connectivity index (χ3n) is 2.80. The molecule has 0 bridgehead atoms. The Bertz CT molecular complexity index is 587. The molecule has 0 aliphatic heterocycles. The van der Waals surface area contributed by atoms with E-state index in [1.54, 1.807) is 0 Å². The molecule has 1 unspecified atom stereocenters. The van der Waals surface area contributed by atoms with Gasteiger partial charge in [0.25, 0.3) is 0 Å². The molecular formula is C11H8F9NOS. The van der Waals surface area contributed by atoms with E-state index in [1.165, 1.54) is 6.92 Å². The standard InChI is InChI=1S/C11H8F9NOS/c1-5-4-6(2-3-7(5)21)23(22)11(19,20)9(14,15)8(12,13)10(16,17)18/h2-4H,21H2,1H3. The lowest BCUT2D eigenvalue weighted by atomic mass is 10.1. The molecule has 0 spiro atoms. The van der Waals surface area contributed by atoms with Crippen molar-refractivity contribution in [2.75, 3.05) is 5.73 Å². The van der Waals surface area contributed by atoms with E-state index in [-0.39, 0.29) is 11.3 Å². The number of anilines is 1. The van der Waals surface area contributed by atoms with E-state index < -0.39 is 39.3 Å². The summed E-state index contributed by atoms with van der Waals surface area (Å²) in [7, 11) is 0. The Balaban J connectivity index is 3.35. The van der Waals surface area contributed by atoms with Crippen molar-refractivity contribution < 1.29 is 44.1 Å². The Morgan fingerprint density at radius 2 is 1.39 bits per heavy atom. The number of rotatable bonds is 4. The summed E-state index contributed by atoms with van der Waals surface area (Å²) in [6, 6.07) is 2.06. The number of alkyl halides is 9. The van der Waals surface area contributed by atoms with Gasteiger partial charge >= 0.3 is 23.3 Å². The first-order valence-corrected chi connectivity index (χ1v) is 6.70. The fourth-order valence-corrected chi connectivity index (χ4v) is 2.52. The largest absolute Gasteiger partial charge is 0.607 e. The fraction of sp³-hybridized carbons (Fsp3) is 0.455. The average molecular weight is 373 g/mol. The van der Waals surface area contributed by atoms with Crippen LogP contribution in [0.1, 0.15) is 5.56 Å². The maximum Gasteiger partial charge on any atom is 0.483 e. The van der Waals surface area contributed by atoms with Crippen molar-refractivity contribution >= 4 is 16.9 Å². The number of nitrogen functional groups attached to an aromatic ring is 1. The Labute approximate surface area is 126 Å². The summed E-state index contributed by atoms with van der Waals surface area (Å²) in [6.07, 6.45) is -6.96. The summed E-state index contributed by atoms with van der Waals surface area (Å²) in [5, 5.41) is -6.19. The summed E-state index contributed by atoms with van der Waals surface area (Å²) < 4.78 is 126. The van der Waals surface area contributed by atoms with Gasteiger partial charge in [0.05, 0.1) is 11.2 Å². The van der Waals surface area contributed by atoms with Crippen molar-refractivity contribution in [1.82, 2.24) is 0 Å². The average Bonchev–Trinajstić information content (AvgIpc) is 2.39. The molecule has 1 rings (SSSR count). The number of benzene rings is 1. The zero-order valence-electron chi connectivity index (χ0n) is 11.0. The predicted molar refractivity (Wildman–Crippen MR) is 62.9 cm³/mol. The highest BCUT2D eigenvalue weighted by Gasteiger charge is 2.86. The van der Waals surface area contributed by atoms with Crippen molar-refractivity contribution in [1.29, 1.82) is 0 Å². The van der Waals surface area contributed by atoms with Gasteiger partial charge in [-0.25, -0.2) is 0 Å². The summed E-state index contributed by atoms with van der Waals surface area (Å²) in [6.45, 7) is 1.20.